The van der Waals surface area contributed by atoms with Crippen LogP contribution >= 0.6 is 7.41 Å². The van der Waals surface area contributed by atoms with Crippen molar-refractivity contribution in [2.24, 2.45) is 0 Å². The minimum atomic E-state index is -2.19. The summed E-state index contributed by atoms with van der Waals surface area (Å²) in [6.45, 7) is 3.86. The molecule has 0 amide bonds. The molecule has 6 heteroatoms. The molecule has 0 aliphatic carbocycles. The molecule has 0 saturated heterocycles. The third-order valence-corrected chi connectivity index (χ3v) is 10.4. The van der Waals surface area contributed by atoms with Gasteiger partial charge in [-0.05, 0) is 48.4 Å². The van der Waals surface area contributed by atoms with Gasteiger partial charge in [-0.15, -0.1) is 0 Å². The minimum Gasteiger partial charge on any atom is -1.00 e. The number of nitro groups is 1. The monoisotopic (exact) mass is 548 g/mol. The Morgan fingerprint density at radius 3 is 1.51 bits per heavy atom. The third-order valence-electron chi connectivity index (χ3n) is 6.10. The summed E-state index contributed by atoms with van der Waals surface area (Å²) in [6.07, 6.45) is 2.16. The van der Waals surface area contributed by atoms with Crippen molar-refractivity contribution < 1.29 is 21.9 Å². The van der Waals surface area contributed by atoms with Gasteiger partial charge in [0.05, 0.1) is 11.5 Å². The van der Waals surface area contributed by atoms with Crippen molar-refractivity contribution in [3.8, 4) is 0 Å². The molecule has 4 rings (SSSR count). The number of nitrogens with zero attached hydrogens (tertiary/aromatic N) is 2. The zero-order valence-corrected chi connectivity index (χ0v) is 22.3. The van der Waals surface area contributed by atoms with Gasteiger partial charge in [0.2, 0.25) is 0 Å². The SMILES string of the molecule is CCCCN(Cc1ccc([N+](=O)[O-])cc1)[P+](c1ccccc1)(c1ccccc1)c1ccccc1.[Br-]. The summed E-state index contributed by atoms with van der Waals surface area (Å²) in [6, 6.07) is 39.5. The van der Waals surface area contributed by atoms with Gasteiger partial charge in [0, 0.05) is 18.7 Å². The lowest BCUT2D eigenvalue weighted by molar-refractivity contribution is -0.384. The van der Waals surface area contributed by atoms with Gasteiger partial charge in [0.15, 0.2) is 7.41 Å². The van der Waals surface area contributed by atoms with Crippen LogP contribution in [0.1, 0.15) is 25.3 Å². The highest BCUT2D eigenvalue weighted by atomic mass is 79.9. The summed E-state index contributed by atoms with van der Waals surface area (Å²) in [4.78, 5) is 10.9. The van der Waals surface area contributed by atoms with Crippen LogP contribution in [0, 0.1) is 10.1 Å². The molecule has 0 heterocycles. The Hall–Kier alpha value is -2.85. The fourth-order valence-corrected chi connectivity index (χ4v) is 8.98. The maximum atomic E-state index is 11.2. The summed E-state index contributed by atoms with van der Waals surface area (Å²) >= 11 is 0. The van der Waals surface area contributed by atoms with Gasteiger partial charge in [0.25, 0.3) is 5.69 Å². The number of nitro benzene ring substituents is 1. The maximum absolute atomic E-state index is 11.2. The predicted molar refractivity (Wildman–Crippen MR) is 144 cm³/mol. The van der Waals surface area contributed by atoms with Gasteiger partial charge in [-0.1, -0.05) is 80.1 Å². The van der Waals surface area contributed by atoms with E-state index in [0.717, 1.165) is 24.9 Å². The Morgan fingerprint density at radius 1 is 0.714 bits per heavy atom. The zero-order chi connectivity index (χ0) is 23.8. The normalized spacial score (nSPS) is 11.1. The lowest BCUT2D eigenvalue weighted by Crippen LogP contribution is -3.00. The molecule has 4 nitrogen and oxygen atoms in total. The summed E-state index contributed by atoms with van der Waals surface area (Å²) < 4.78 is 2.64. The summed E-state index contributed by atoms with van der Waals surface area (Å²) in [5.74, 6) is 0. The van der Waals surface area contributed by atoms with Crippen molar-refractivity contribution in [1.82, 2.24) is 4.67 Å². The first-order valence-electron chi connectivity index (χ1n) is 11.7. The smallest absolute Gasteiger partial charge is 0.269 e. The van der Waals surface area contributed by atoms with Crippen LogP contribution in [0.5, 0.6) is 0 Å². The molecular formula is C29H30BrN2O2P. The number of rotatable bonds is 10. The fourth-order valence-electron chi connectivity index (χ4n) is 4.48. The molecule has 35 heavy (non-hydrogen) atoms. The molecule has 0 aromatic heterocycles. The number of hydrogen-bond acceptors (Lipinski definition) is 3. The van der Waals surface area contributed by atoms with Crippen molar-refractivity contribution in [2.75, 3.05) is 6.54 Å². The Morgan fingerprint density at radius 2 is 1.14 bits per heavy atom. The Balaban J connectivity index is 0.00000342. The average molecular weight is 549 g/mol. The van der Waals surface area contributed by atoms with E-state index in [4.69, 9.17) is 0 Å². The van der Waals surface area contributed by atoms with Gasteiger partial charge < -0.3 is 17.0 Å². The van der Waals surface area contributed by atoms with Gasteiger partial charge in [-0.25, -0.2) is 0 Å². The van der Waals surface area contributed by atoms with Crippen LogP contribution in [0.2, 0.25) is 0 Å². The van der Waals surface area contributed by atoms with Crippen molar-refractivity contribution >= 4 is 29.0 Å². The van der Waals surface area contributed by atoms with E-state index in [0.29, 0.717) is 6.54 Å². The molecular weight excluding hydrogens is 519 g/mol. The summed E-state index contributed by atoms with van der Waals surface area (Å²) in [5, 5.41) is 15.1. The first-order chi connectivity index (χ1) is 16.7. The molecule has 0 fully saturated rings. The molecule has 0 spiro atoms. The number of halogens is 1. The molecule has 180 valence electrons. The van der Waals surface area contributed by atoms with E-state index in [2.05, 4.69) is 103 Å². The van der Waals surface area contributed by atoms with E-state index in [-0.39, 0.29) is 27.6 Å². The molecule has 0 unspecified atom stereocenters. The Kier molecular flexibility index (Phi) is 9.73. The highest BCUT2D eigenvalue weighted by Gasteiger charge is 2.51. The summed E-state index contributed by atoms with van der Waals surface area (Å²) in [5.41, 5.74) is 1.20. The van der Waals surface area contributed by atoms with Crippen LogP contribution in [0.15, 0.2) is 115 Å². The van der Waals surface area contributed by atoms with E-state index < -0.39 is 7.41 Å². The molecule has 4 aromatic carbocycles. The highest BCUT2D eigenvalue weighted by molar-refractivity contribution is 7.93. The Bertz CT molecular complexity index is 1090. The molecule has 0 bridgehead atoms. The fraction of sp³-hybridized carbons (Fsp3) is 0.172. The Labute approximate surface area is 218 Å². The molecule has 0 N–H and O–H groups in total. The second-order valence-corrected chi connectivity index (χ2v) is 11.7. The van der Waals surface area contributed by atoms with Crippen molar-refractivity contribution in [2.45, 2.75) is 26.3 Å². The van der Waals surface area contributed by atoms with Crippen LogP contribution in [-0.4, -0.2) is 16.1 Å². The van der Waals surface area contributed by atoms with Crippen molar-refractivity contribution in [1.29, 1.82) is 0 Å². The molecule has 0 aliphatic rings. The number of hydrogen-bond donors (Lipinski definition) is 0. The molecule has 4 aromatic rings. The largest absolute Gasteiger partial charge is 1.00 e. The molecule has 0 aliphatic heterocycles. The van der Waals surface area contributed by atoms with Crippen LogP contribution in [0.25, 0.3) is 0 Å². The lowest BCUT2D eigenvalue weighted by Gasteiger charge is -2.37. The highest BCUT2D eigenvalue weighted by Crippen LogP contribution is 2.59. The number of unbranched alkanes of at least 4 members (excludes halogenated alkanes) is 1. The van der Waals surface area contributed by atoms with Gasteiger partial charge in [-0.3, -0.25) is 10.1 Å². The van der Waals surface area contributed by atoms with E-state index in [1.54, 1.807) is 12.1 Å². The zero-order valence-electron chi connectivity index (χ0n) is 19.8. The number of non-ortho nitro benzene ring substituents is 1. The van der Waals surface area contributed by atoms with Crippen LogP contribution in [-0.2, 0) is 6.54 Å². The topological polar surface area (TPSA) is 46.4 Å². The molecule has 0 saturated carbocycles. The van der Waals surface area contributed by atoms with E-state index in [1.807, 2.05) is 12.1 Å². The van der Waals surface area contributed by atoms with E-state index in [1.165, 1.54) is 15.9 Å². The van der Waals surface area contributed by atoms with Gasteiger partial charge in [-0.2, -0.15) is 4.67 Å². The third kappa shape index (κ3) is 5.87. The van der Waals surface area contributed by atoms with Gasteiger partial charge in [0.1, 0.15) is 15.9 Å². The van der Waals surface area contributed by atoms with Crippen molar-refractivity contribution in [3.05, 3.63) is 131 Å². The molecule has 0 radical (unpaired) electrons. The van der Waals surface area contributed by atoms with Gasteiger partial charge >= 0.3 is 0 Å². The maximum Gasteiger partial charge on any atom is 0.269 e. The standard InChI is InChI=1S/C29H30N2O2P.BrH/c1-2-3-23-30(24-25-19-21-26(22-20-25)31(32)33)34(27-13-7-4-8-14-27,28-15-9-5-10-16-28)29-17-11-6-12-18-29;/h4-22H,2-3,23-24H2,1H3;1H/q+1;/p-1. The lowest BCUT2D eigenvalue weighted by atomic mass is 10.2. The second kappa shape index (κ2) is 12.7. The predicted octanol–water partition coefficient (Wildman–Crippen LogP) is 3.11. The van der Waals surface area contributed by atoms with E-state index in [9.17, 15) is 10.1 Å². The second-order valence-electron chi connectivity index (χ2n) is 8.31. The van der Waals surface area contributed by atoms with Crippen molar-refractivity contribution in [3.63, 3.8) is 0 Å². The quantitative estimate of drug-likeness (QED) is 0.174. The first kappa shape index (κ1) is 26.7. The van der Waals surface area contributed by atoms with Crippen LogP contribution in [0.4, 0.5) is 5.69 Å². The van der Waals surface area contributed by atoms with E-state index >= 15 is 0 Å². The van der Waals surface area contributed by atoms with Crippen LogP contribution in [0.3, 0.4) is 0 Å². The summed E-state index contributed by atoms with van der Waals surface area (Å²) in [7, 11) is -2.19. The first-order valence-corrected chi connectivity index (χ1v) is 13.4. The molecule has 0 atom stereocenters. The number of benzene rings is 4. The minimum absolute atomic E-state index is 0. The van der Waals surface area contributed by atoms with Crippen LogP contribution < -0.4 is 32.9 Å². The average Bonchev–Trinajstić information content (AvgIpc) is 2.90.